The van der Waals surface area contributed by atoms with Crippen LogP contribution in [-0.2, 0) is 4.79 Å². The summed E-state index contributed by atoms with van der Waals surface area (Å²) in [5, 5.41) is 8.53. The molecule has 124 valence electrons. The Hall–Kier alpha value is -0.790. The first-order valence-corrected chi connectivity index (χ1v) is 9.14. The third kappa shape index (κ3) is 19.2. The maximum Gasteiger partial charge on any atom is 0.303 e. The van der Waals surface area contributed by atoms with Crippen LogP contribution in [-0.4, -0.2) is 11.1 Å². The average Bonchev–Trinajstić information content (AvgIpc) is 2.46. The Morgan fingerprint density at radius 1 is 0.714 bits per heavy atom. The van der Waals surface area contributed by atoms with E-state index in [0.29, 0.717) is 6.42 Å². The van der Waals surface area contributed by atoms with Gasteiger partial charge < -0.3 is 5.11 Å². The summed E-state index contributed by atoms with van der Waals surface area (Å²) >= 11 is 0. The molecule has 0 fully saturated rings. The maximum atomic E-state index is 10.3. The summed E-state index contributed by atoms with van der Waals surface area (Å²) in [6.45, 7) is 2.19. The molecule has 0 unspecified atom stereocenters. The summed E-state index contributed by atoms with van der Waals surface area (Å²) < 4.78 is 0. The zero-order chi connectivity index (χ0) is 15.6. The molecule has 0 bridgehead atoms. The molecule has 0 rings (SSSR count). The van der Waals surface area contributed by atoms with Crippen LogP contribution in [0.25, 0.3) is 0 Å². The highest BCUT2D eigenvalue weighted by molar-refractivity contribution is 5.66. The molecule has 0 aliphatic rings. The second-order valence-corrected chi connectivity index (χ2v) is 6.05. The van der Waals surface area contributed by atoms with Gasteiger partial charge in [0, 0.05) is 6.42 Å². The number of carboxylic acids is 1. The Labute approximate surface area is 132 Å². The minimum atomic E-state index is -0.656. The van der Waals surface area contributed by atoms with Crippen LogP contribution in [0.15, 0.2) is 12.2 Å². The number of aliphatic carboxylic acids is 1. The van der Waals surface area contributed by atoms with Gasteiger partial charge in [-0.25, -0.2) is 0 Å². The molecular weight excluding hydrogens is 260 g/mol. The first-order chi connectivity index (χ1) is 10.3. The quantitative estimate of drug-likeness (QED) is 0.261. The number of hydrogen-bond donors (Lipinski definition) is 1. The number of carbonyl (C=O) groups is 1. The topological polar surface area (TPSA) is 37.3 Å². The molecule has 0 atom stereocenters. The zero-order valence-electron chi connectivity index (χ0n) is 14.1. The Bertz CT molecular complexity index is 246. The van der Waals surface area contributed by atoms with E-state index in [2.05, 4.69) is 19.1 Å². The van der Waals surface area contributed by atoms with Crippen molar-refractivity contribution < 1.29 is 9.90 Å². The lowest BCUT2D eigenvalue weighted by atomic mass is 10.0. The number of rotatable bonds is 16. The van der Waals surface area contributed by atoms with E-state index in [4.69, 9.17) is 5.11 Å². The van der Waals surface area contributed by atoms with E-state index in [9.17, 15) is 4.79 Å². The summed E-state index contributed by atoms with van der Waals surface area (Å²) in [6.07, 6.45) is 22.8. The SMILES string of the molecule is CC/C=C\CCCCCCCCCCCCCCC(=O)O. The third-order valence-electron chi connectivity index (χ3n) is 3.91. The maximum absolute atomic E-state index is 10.3. The smallest absolute Gasteiger partial charge is 0.303 e. The van der Waals surface area contributed by atoms with Crippen LogP contribution in [0.2, 0.25) is 0 Å². The van der Waals surface area contributed by atoms with Crippen LogP contribution < -0.4 is 0 Å². The predicted molar refractivity (Wildman–Crippen MR) is 91.7 cm³/mol. The lowest BCUT2D eigenvalue weighted by Crippen LogP contribution is -1.93. The van der Waals surface area contributed by atoms with Crippen LogP contribution in [0.1, 0.15) is 103 Å². The second-order valence-electron chi connectivity index (χ2n) is 6.05. The van der Waals surface area contributed by atoms with Crippen molar-refractivity contribution in [2.45, 2.75) is 103 Å². The van der Waals surface area contributed by atoms with Gasteiger partial charge in [0.2, 0.25) is 0 Å². The lowest BCUT2D eigenvalue weighted by molar-refractivity contribution is -0.137. The fraction of sp³-hybridized carbons (Fsp3) is 0.842. The number of hydrogen-bond acceptors (Lipinski definition) is 1. The minimum absolute atomic E-state index is 0.342. The summed E-state index contributed by atoms with van der Waals surface area (Å²) in [4.78, 5) is 10.3. The lowest BCUT2D eigenvalue weighted by Gasteiger charge is -2.02. The van der Waals surface area contributed by atoms with Gasteiger partial charge in [0.05, 0.1) is 0 Å². The summed E-state index contributed by atoms with van der Waals surface area (Å²) in [6, 6.07) is 0. The molecule has 0 heterocycles. The molecule has 1 N–H and O–H groups in total. The van der Waals surface area contributed by atoms with Crippen molar-refractivity contribution in [1.82, 2.24) is 0 Å². The molecule has 0 aromatic heterocycles. The van der Waals surface area contributed by atoms with E-state index in [0.717, 1.165) is 12.8 Å². The summed E-state index contributed by atoms with van der Waals surface area (Å²) in [5.74, 6) is -0.656. The molecule has 2 heteroatoms. The predicted octanol–water partition coefficient (Wildman–Crippen LogP) is 6.50. The van der Waals surface area contributed by atoms with Gasteiger partial charge in [0.1, 0.15) is 0 Å². The van der Waals surface area contributed by atoms with Crippen molar-refractivity contribution in [1.29, 1.82) is 0 Å². The van der Waals surface area contributed by atoms with Crippen LogP contribution >= 0.6 is 0 Å². The fourth-order valence-corrected chi connectivity index (χ4v) is 2.59. The van der Waals surface area contributed by atoms with Gasteiger partial charge in [0.15, 0.2) is 0 Å². The summed E-state index contributed by atoms with van der Waals surface area (Å²) in [7, 11) is 0. The van der Waals surface area contributed by atoms with Crippen molar-refractivity contribution in [3.8, 4) is 0 Å². The summed E-state index contributed by atoms with van der Waals surface area (Å²) in [5.41, 5.74) is 0. The van der Waals surface area contributed by atoms with E-state index < -0.39 is 5.97 Å². The Morgan fingerprint density at radius 2 is 1.14 bits per heavy atom. The highest BCUT2D eigenvalue weighted by Crippen LogP contribution is 2.13. The molecule has 0 aromatic rings. The van der Waals surface area contributed by atoms with E-state index in [1.165, 1.54) is 77.0 Å². The Morgan fingerprint density at radius 3 is 1.57 bits per heavy atom. The van der Waals surface area contributed by atoms with Crippen molar-refractivity contribution in [3.05, 3.63) is 12.2 Å². The number of unbranched alkanes of at least 4 members (excludes halogenated alkanes) is 12. The van der Waals surface area contributed by atoms with Crippen LogP contribution in [0.3, 0.4) is 0 Å². The largest absolute Gasteiger partial charge is 0.481 e. The van der Waals surface area contributed by atoms with E-state index in [1.807, 2.05) is 0 Å². The van der Waals surface area contributed by atoms with E-state index in [-0.39, 0.29) is 0 Å². The molecule has 0 radical (unpaired) electrons. The van der Waals surface area contributed by atoms with Crippen LogP contribution in [0.5, 0.6) is 0 Å². The van der Waals surface area contributed by atoms with E-state index in [1.54, 1.807) is 0 Å². The highest BCUT2D eigenvalue weighted by atomic mass is 16.4. The molecule has 0 aromatic carbocycles. The van der Waals surface area contributed by atoms with Gasteiger partial charge in [-0.1, -0.05) is 83.3 Å². The Balaban J connectivity index is 2.99. The van der Waals surface area contributed by atoms with Crippen molar-refractivity contribution in [2.75, 3.05) is 0 Å². The van der Waals surface area contributed by atoms with Crippen molar-refractivity contribution >= 4 is 5.97 Å². The molecule has 0 spiro atoms. The first kappa shape index (κ1) is 20.2. The molecule has 2 nitrogen and oxygen atoms in total. The number of carboxylic acid groups (broad SMARTS) is 1. The monoisotopic (exact) mass is 296 g/mol. The van der Waals surface area contributed by atoms with Gasteiger partial charge in [0.25, 0.3) is 0 Å². The van der Waals surface area contributed by atoms with Gasteiger partial charge in [-0.3, -0.25) is 4.79 Å². The van der Waals surface area contributed by atoms with Gasteiger partial charge >= 0.3 is 5.97 Å². The fourth-order valence-electron chi connectivity index (χ4n) is 2.59. The molecule has 0 aliphatic carbocycles. The molecular formula is C19H36O2. The van der Waals surface area contributed by atoms with Crippen LogP contribution in [0.4, 0.5) is 0 Å². The third-order valence-corrected chi connectivity index (χ3v) is 3.91. The normalized spacial score (nSPS) is 11.3. The molecule has 0 saturated heterocycles. The minimum Gasteiger partial charge on any atom is -0.481 e. The second kappa shape index (κ2) is 17.3. The molecule has 0 amide bonds. The highest BCUT2D eigenvalue weighted by Gasteiger charge is 1.96. The standard InChI is InChI=1S/C19H36O2/c1-2-3-4-5-6-7-8-9-10-11-12-13-14-15-16-17-18-19(20)21/h3-4H,2,5-18H2,1H3,(H,20,21)/b4-3-. The Kier molecular flexibility index (Phi) is 16.6. The van der Waals surface area contributed by atoms with Crippen LogP contribution in [0, 0.1) is 0 Å². The van der Waals surface area contributed by atoms with Gasteiger partial charge in [-0.05, 0) is 25.7 Å². The first-order valence-electron chi connectivity index (χ1n) is 9.14. The molecule has 0 saturated carbocycles. The van der Waals surface area contributed by atoms with Crippen molar-refractivity contribution in [2.24, 2.45) is 0 Å². The van der Waals surface area contributed by atoms with Gasteiger partial charge in [-0.2, -0.15) is 0 Å². The average molecular weight is 296 g/mol. The van der Waals surface area contributed by atoms with Gasteiger partial charge in [-0.15, -0.1) is 0 Å². The van der Waals surface area contributed by atoms with E-state index >= 15 is 0 Å². The van der Waals surface area contributed by atoms with Crippen molar-refractivity contribution in [3.63, 3.8) is 0 Å². The molecule has 21 heavy (non-hydrogen) atoms. The molecule has 0 aliphatic heterocycles. The zero-order valence-corrected chi connectivity index (χ0v) is 14.1. The number of allylic oxidation sites excluding steroid dienone is 2.